The Morgan fingerprint density at radius 3 is 2.70 bits per heavy atom. The van der Waals surface area contributed by atoms with Crippen molar-refractivity contribution in [1.82, 2.24) is 4.90 Å². The van der Waals surface area contributed by atoms with Crippen molar-refractivity contribution in [3.8, 4) is 0 Å². The van der Waals surface area contributed by atoms with E-state index in [2.05, 4.69) is 12.1 Å². The van der Waals surface area contributed by atoms with Gasteiger partial charge in [-0.3, -0.25) is 4.79 Å². The SMILES string of the molecule is CC(=O)N1CC[C@]2(O)CCCC[C@@H]2[C@@H]1c1ccccc1. The summed E-state index contributed by atoms with van der Waals surface area (Å²) >= 11 is 0. The number of benzene rings is 1. The zero-order chi connectivity index (χ0) is 14.2. The number of likely N-dealkylation sites (tertiary alicyclic amines) is 1. The Balaban J connectivity index is 2.00. The lowest BCUT2D eigenvalue weighted by Gasteiger charge is -2.52. The summed E-state index contributed by atoms with van der Waals surface area (Å²) in [5.74, 6) is 0.294. The van der Waals surface area contributed by atoms with Crippen molar-refractivity contribution in [2.45, 2.75) is 50.7 Å². The molecule has 3 heteroatoms. The summed E-state index contributed by atoms with van der Waals surface area (Å²) in [6, 6.07) is 10.2. The molecule has 3 nitrogen and oxygen atoms in total. The number of fused-ring (bicyclic) bond motifs is 1. The highest BCUT2D eigenvalue weighted by atomic mass is 16.3. The second-order valence-electron chi connectivity index (χ2n) is 6.27. The third kappa shape index (κ3) is 2.24. The first-order valence-electron chi connectivity index (χ1n) is 7.66. The summed E-state index contributed by atoms with van der Waals surface area (Å²) in [7, 11) is 0. The lowest BCUT2D eigenvalue weighted by atomic mass is 9.66. The van der Waals surface area contributed by atoms with Gasteiger partial charge in [0.2, 0.25) is 5.91 Å². The van der Waals surface area contributed by atoms with Crippen LogP contribution in [0, 0.1) is 5.92 Å². The summed E-state index contributed by atoms with van der Waals surface area (Å²) in [6.07, 6.45) is 4.88. The Labute approximate surface area is 120 Å². The van der Waals surface area contributed by atoms with Gasteiger partial charge in [0.1, 0.15) is 0 Å². The minimum Gasteiger partial charge on any atom is -0.389 e. The molecule has 1 aliphatic carbocycles. The predicted molar refractivity (Wildman–Crippen MR) is 78.1 cm³/mol. The average molecular weight is 273 g/mol. The highest BCUT2D eigenvalue weighted by molar-refractivity contribution is 5.74. The van der Waals surface area contributed by atoms with E-state index in [-0.39, 0.29) is 17.9 Å². The van der Waals surface area contributed by atoms with Crippen molar-refractivity contribution in [1.29, 1.82) is 0 Å². The number of hydrogen-bond donors (Lipinski definition) is 1. The van der Waals surface area contributed by atoms with Crippen LogP contribution in [-0.2, 0) is 4.79 Å². The maximum atomic E-state index is 12.0. The topological polar surface area (TPSA) is 40.5 Å². The predicted octanol–water partition coefficient (Wildman–Crippen LogP) is 2.90. The van der Waals surface area contributed by atoms with Crippen LogP contribution in [0.1, 0.15) is 50.6 Å². The Kier molecular flexibility index (Phi) is 3.55. The van der Waals surface area contributed by atoms with E-state index in [9.17, 15) is 9.90 Å². The molecule has 1 saturated carbocycles. The van der Waals surface area contributed by atoms with Gasteiger partial charge in [0.25, 0.3) is 0 Å². The van der Waals surface area contributed by atoms with Crippen LogP contribution >= 0.6 is 0 Å². The van der Waals surface area contributed by atoms with E-state index < -0.39 is 5.60 Å². The number of hydrogen-bond acceptors (Lipinski definition) is 2. The summed E-state index contributed by atoms with van der Waals surface area (Å²) in [4.78, 5) is 14.0. The standard InChI is InChI=1S/C17H23NO2/c1-13(19)18-12-11-17(20)10-6-5-9-15(17)16(18)14-7-3-2-4-8-14/h2-4,7-8,15-16,20H,5-6,9-12H2,1H3/t15-,16+,17-/m1/s1. The van der Waals surface area contributed by atoms with E-state index in [1.165, 1.54) is 0 Å². The molecule has 20 heavy (non-hydrogen) atoms. The van der Waals surface area contributed by atoms with Crippen LogP contribution < -0.4 is 0 Å². The molecule has 0 unspecified atom stereocenters. The van der Waals surface area contributed by atoms with Gasteiger partial charge < -0.3 is 10.0 Å². The zero-order valence-corrected chi connectivity index (χ0v) is 12.1. The molecule has 1 aromatic rings. The maximum Gasteiger partial charge on any atom is 0.219 e. The van der Waals surface area contributed by atoms with Gasteiger partial charge in [-0.05, 0) is 24.8 Å². The molecular formula is C17H23NO2. The van der Waals surface area contributed by atoms with Crippen LogP contribution in [-0.4, -0.2) is 28.1 Å². The van der Waals surface area contributed by atoms with Crippen LogP contribution in [0.5, 0.6) is 0 Å². The molecule has 1 heterocycles. The van der Waals surface area contributed by atoms with E-state index in [1.54, 1.807) is 6.92 Å². The van der Waals surface area contributed by atoms with E-state index >= 15 is 0 Å². The molecule has 108 valence electrons. The molecule has 1 aliphatic heterocycles. The molecule has 1 saturated heterocycles. The van der Waals surface area contributed by atoms with Crippen molar-refractivity contribution in [3.05, 3.63) is 35.9 Å². The fourth-order valence-corrected chi connectivity index (χ4v) is 4.10. The highest BCUT2D eigenvalue weighted by Crippen LogP contribution is 2.49. The first kappa shape index (κ1) is 13.6. The fraction of sp³-hybridized carbons (Fsp3) is 0.588. The first-order chi connectivity index (χ1) is 9.62. The van der Waals surface area contributed by atoms with Gasteiger partial charge >= 0.3 is 0 Å². The third-order valence-corrected chi connectivity index (χ3v) is 5.11. The minimum atomic E-state index is -0.579. The lowest BCUT2D eigenvalue weighted by molar-refractivity contribution is -0.153. The number of piperidine rings is 1. The van der Waals surface area contributed by atoms with Crippen LogP contribution in [0.15, 0.2) is 30.3 Å². The van der Waals surface area contributed by atoms with Crippen molar-refractivity contribution >= 4 is 5.91 Å². The van der Waals surface area contributed by atoms with E-state index in [0.717, 1.165) is 37.7 Å². The van der Waals surface area contributed by atoms with Crippen molar-refractivity contribution in [3.63, 3.8) is 0 Å². The Morgan fingerprint density at radius 1 is 1.25 bits per heavy atom. The molecule has 2 fully saturated rings. The van der Waals surface area contributed by atoms with Crippen LogP contribution in [0.2, 0.25) is 0 Å². The van der Waals surface area contributed by atoms with E-state index in [1.807, 2.05) is 23.1 Å². The normalized spacial score (nSPS) is 33.6. The van der Waals surface area contributed by atoms with Crippen molar-refractivity contribution in [2.75, 3.05) is 6.54 Å². The molecule has 1 amide bonds. The monoisotopic (exact) mass is 273 g/mol. The van der Waals surface area contributed by atoms with Crippen molar-refractivity contribution < 1.29 is 9.90 Å². The van der Waals surface area contributed by atoms with Gasteiger partial charge in [0, 0.05) is 19.4 Å². The molecule has 0 spiro atoms. The Hall–Kier alpha value is -1.35. The summed E-state index contributed by atoms with van der Waals surface area (Å²) in [5.41, 5.74) is 0.581. The zero-order valence-electron chi connectivity index (χ0n) is 12.1. The summed E-state index contributed by atoms with van der Waals surface area (Å²) in [5, 5.41) is 11.0. The van der Waals surface area contributed by atoms with Gasteiger partial charge in [-0.15, -0.1) is 0 Å². The molecule has 0 radical (unpaired) electrons. The van der Waals surface area contributed by atoms with Gasteiger partial charge in [-0.2, -0.15) is 0 Å². The van der Waals surface area contributed by atoms with E-state index in [0.29, 0.717) is 6.54 Å². The third-order valence-electron chi connectivity index (χ3n) is 5.11. The lowest BCUT2D eigenvalue weighted by Crippen LogP contribution is -2.55. The second-order valence-corrected chi connectivity index (χ2v) is 6.27. The van der Waals surface area contributed by atoms with Crippen LogP contribution in [0.3, 0.4) is 0 Å². The fourth-order valence-electron chi connectivity index (χ4n) is 4.10. The first-order valence-corrected chi connectivity index (χ1v) is 7.66. The molecule has 3 rings (SSSR count). The van der Waals surface area contributed by atoms with Gasteiger partial charge in [0.15, 0.2) is 0 Å². The smallest absolute Gasteiger partial charge is 0.219 e. The summed E-state index contributed by atoms with van der Waals surface area (Å²) < 4.78 is 0. The van der Waals surface area contributed by atoms with Crippen molar-refractivity contribution in [2.24, 2.45) is 5.92 Å². The van der Waals surface area contributed by atoms with Gasteiger partial charge in [-0.25, -0.2) is 0 Å². The number of carbonyl (C=O) groups is 1. The molecule has 3 atom stereocenters. The van der Waals surface area contributed by atoms with E-state index in [4.69, 9.17) is 0 Å². The largest absolute Gasteiger partial charge is 0.389 e. The Bertz CT molecular complexity index is 487. The second kappa shape index (κ2) is 5.21. The number of aliphatic hydroxyl groups is 1. The summed E-state index contributed by atoms with van der Waals surface area (Å²) in [6.45, 7) is 2.31. The molecular weight excluding hydrogens is 250 g/mol. The number of rotatable bonds is 1. The number of amides is 1. The van der Waals surface area contributed by atoms with Crippen LogP contribution in [0.4, 0.5) is 0 Å². The van der Waals surface area contributed by atoms with Crippen LogP contribution in [0.25, 0.3) is 0 Å². The number of nitrogens with zero attached hydrogens (tertiary/aromatic N) is 1. The van der Waals surface area contributed by atoms with Gasteiger partial charge in [0.05, 0.1) is 11.6 Å². The molecule has 0 bridgehead atoms. The molecule has 1 N–H and O–H groups in total. The molecule has 1 aromatic carbocycles. The maximum absolute atomic E-state index is 12.0. The number of carbonyl (C=O) groups excluding carboxylic acids is 1. The molecule has 2 aliphatic rings. The average Bonchev–Trinajstić information content (AvgIpc) is 2.46. The van der Waals surface area contributed by atoms with Gasteiger partial charge in [-0.1, -0.05) is 43.2 Å². The highest BCUT2D eigenvalue weighted by Gasteiger charge is 2.49. The minimum absolute atomic E-state index is 0.0350. The molecule has 0 aromatic heterocycles. The Morgan fingerprint density at radius 2 is 2.00 bits per heavy atom. The quantitative estimate of drug-likeness (QED) is 0.854.